The van der Waals surface area contributed by atoms with Crippen molar-refractivity contribution < 1.29 is 45.1 Å². The summed E-state index contributed by atoms with van der Waals surface area (Å²) in [5, 5.41) is 0.472. The van der Waals surface area contributed by atoms with Crippen LogP contribution in [0.3, 0.4) is 0 Å². The molecule has 6 nitrogen and oxygen atoms in total. The summed E-state index contributed by atoms with van der Waals surface area (Å²) in [4.78, 5) is 7.11. The number of halogens is 9. The van der Waals surface area contributed by atoms with Gasteiger partial charge in [0, 0.05) is 5.56 Å². The number of hydrogen-bond donors (Lipinski definition) is 0. The second-order valence-corrected chi connectivity index (χ2v) is 12.3. The van der Waals surface area contributed by atoms with E-state index in [-0.39, 0.29) is 28.0 Å². The fourth-order valence-electron chi connectivity index (χ4n) is 3.63. The predicted octanol–water partition coefficient (Wildman–Crippen LogP) is 9.21. The van der Waals surface area contributed by atoms with Crippen molar-refractivity contribution in [1.29, 1.82) is 0 Å². The highest BCUT2D eigenvalue weighted by Crippen LogP contribution is 2.36. The van der Waals surface area contributed by atoms with Gasteiger partial charge >= 0.3 is 20.3 Å². The molecular weight excluding hydrogens is 775 g/mol. The molecular formula is C30H26BCl2F6IN2O4. The first-order valence-corrected chi connectivity index (χ1v) is 15.0. The number of rotatable bonds is 6. The number of ether oxygens (including phenoxy) is 2. The van der Waals surface area contributed by atoms with Crippen LogP contribution in [0.25, 0.3) is 11.1 Å². The molecule has 0 aliphatic carbocycles. The van der Waals surface area contributed by atoms with Crippen LogP contribution in [-0.4, -0.2) is 41.5 Å². The maximum absolute atomic E-state index is 13.5. The van der Waals surface area contributed by atoms with Crippen LogP contribution < -0.4 is 14.9 Å². The minimum atomic E-state index is -2.89. The monoisotopic (exact) mass is 800 g/mol. The van der Waals surface area contributed by atoms with Gasteiger partial charge in [-0.1, -0.05) is 47.5 Å². The Bertz CT molecular complexity index is 1570. The maximum Gasteiger partial charge on any atom is 0.494 e. The molecule has 0 amide bonds. The highest BCUT2D eigenvalue weighted by Gasteiger charge is 2.51. The quantitative estimate of drug-likeness (QED) is 0.0840. The van der Waals surface area contributed by atoms with E-state index in [0.717, 1.165) is 17.9 Å². The number of hydrogen-bond acceptors (Lipinski definition) is 6. The molecule has 0 N–H and O–H groups in total. The molecule has 0 spiro atoms. The molecule has 0 unspecified atom stereocenters. The van der Waals surface area contributed by atoms with Gasteiger partial charge in [0.2, 0.25) is 0 Å². The Hall–Kier alpha value is -2.79. The van der Waals surface area contributed by atoms with Gasteiger partial charge in [0.1, 0.15) is 27.6 Å². The lowest BCUT2D eigenvalue weighted by Gasteiger charge is -2.32. The summed E-state index contributed by atoms with van der Waals surface area (Å²) in [5.74, 6) is -0.744. The molecule has 46 heavy (non-hydrogen) atoms. The lowest BCUT2D eigenvalue weighted by atomic mass is 9.79. The summed E-state index contributed by atoms with van der Waals surface area (Å²) < 4.78 is 94.6. The van der Waals surface area contributed by atoms with Gasteiger partial charge in [-0.2, -0.15) is 17.6 Å². The average Bonchev–Trinajstić information content (AvgIpc) is 3.19. The summed E-state index contributed by atoms with van der Waals surface area (Å²) >= 11 is 13.0. The topological polar surface area (TPSA) is 62.7 Å². The Labute approximate surface area is 285 Å². The van der Waals surface area contributed by atoms with E-state index >= 15 is 0 Å². The van der Waals surface area contributed by atoms with Crippen LogP contribution >= 0.6 is 45.8 Å². The molecule has 0 saturated carbocycles. The molecule has 2 aromatic heterocycles. The van der Waals surface area contributed by atoms with E-state index in [9.17, 15) is 26.3 Å². The highest BCUT2D eigenvalue weighted by molar-refractivity contribution is 14.1. The zero-order chi connectivity index (χ0) is 34.2. The lowest BCUT2D eigenvalue weighted by Crippen LogP contribution is -2.41. The number of alkyl halides is 4. The second-order valence-electron chi connectivity index (χ2n) is 10.3. The number of aromatic nitrogens is 2. The molecule has 0 radical (unpaired) electrons. The van der Waals surface area contributed by atoms with Crippen LogP contribution in [0.15, 0.2) is 73.1 Å². The molecule has 246 valence electrons. The highest BCUT2D eigenvalue weighted by atomic mass is 127. The first-order valence-electron chi connectivity index (χ1n) is 13.2. The van der Waals surface area contributed by atoms with Crippen molar-refractivity contribution in [3.63, 3.8) is 0 Å². The molecule has 2 aromatic carbocycles. The van der Waals surface area contributed by atoms with Gasteiger partial charge < -0.3 is 18.8 Å². The van der Waals surface area contributed by atoms with E-state index in [1.54, 1.807) is 12.1 Å². The second kappa shape index (κ2) is 16.4. The standard InChI is InChI=1S/C13H17BF2O3.C12H7ClF3NO.C5H2ClFIN/c1-12(2)13(3,4)19-14(18-12)9-5-7-10(8-6-9)17-11(15)16;13-11-5-9(10(14)6-17-11)7-1-3-8(4-2-7)18-12(15)16;6-5-1-4(8)3(7)2-9-5/h5-8,11H,1-4H3;1-6,12H;1-2H. The fourth-order valence-corrected chi connectivity index (χ4v) is 4.56. The zero-order valence-electron chi connectivity index (χ0n) is 24.6. The van der Waals surface area contributed by atoms with Gasteiger partial charge in [-0.25, -0.2) is 18.7 Å². The summed E-state index contributed by atoms with van der Waals surface area (Å²) in [6.07, 6.45) is 2.10. The number of pyridine rings is 2. The first kappa shape index (κ1) is 37.7. The summed E-state index contributed by atoms with van der Waals surface area (Å²) in [5.41, 5.74) is 0.684. The van der Waals surface area contributed by atoms with Gasteiger partial charge in [0.25, 0.3) is 0 Å². The molecule has 0 bridgehead atoms. The Balaban J connectivity index is 0.000000200. The van der Waals surface area contributed by atoms with Crippen LogP contribution in [0.2, 0.25) is 10.3 Å². The molecule has 1 fully saturated rings. The van der Waals surface area contributed by atoms with Crippen molar-refractivity contribution in [2.75, 3.05) is 0 Å². The molecule has 3 heterocycles. The third-order valence-electron chi connectivity index (χ3n) is 6.62. The minimum Gasteiger partial charge on any atom is -0.435 e. The van der Waals surface area contributed by atoms with Gasteiger partial charge in [-0.15, -0.1) is 0 Å². The smallest absolute Gasteiger partial charge is 0.435 e. The van der Waals surface area contributed by atoms with Crippen molar-refractivity contribution in [3.05, 3.63) is 98.6 Å². The van der Waals surface area contributed by atoms with Crippen molar-refractivity contribution in [2.45, 2.75) is 52.1 Å². The van der Waals surface area contributed by atoms with Gasteiger partial charge in [0.05, 0.1) is 27.2 Å². The van der Waals surface area contributed by atoms with E-state index in [4.69, 9.17) is 32.5 Å². The van der Waals surface area contributed by atoms with Crippen molar-refractivity contribution >= 4 is 58.4 Å². The van der Waals surface area contributed by atoms with Crippen LogP contribution in [0, 0.1) is 15.2 Å². The van der Waals surface area contributed by atoms with Gasteiger partial charge in [0.15, 0.2) is 5.82 Å². The predicted molar refractivity (Wildman–Crippen MR) is 172 cm³/mol. The molecule has 16 heteroatoms. The van der Waals surface area contributed by atoms with E-state index in [1.165, 1.54) is 48.5 Å². The largest absolute Gasteiger partial charge is 0.494 e. The molecule has 1 saturated heterocycles. The maximum atomic E-state index is 13.5. The summed E-state index contributed by atoms with van der Waals surface area (Å²) in [7, 11) is -0.495. The van der Waals surface area contributed by atoms with Crippen molar-refractivity contribution in [2.24, 2.45) is 0 Å². The minimum absolute atomic E-state index is 0.00862. The van der Waals surface area contributed by atoms with E-state index in [1.807, 2.05) is 50.3 Å². The van der Waals surface area contributed by atoms with Crippen molar-refractivity contribution in [1.82, 2.24) is 9.97 Å². The third-order valence-corrected chi connectivity index (χ3v) is 7.86. The average molecular weight is 801 g/mol. The fraction of sp³-hybridized carbons (Fsp3) is 0.267. The number of nitrogens with zero attached hydrogens (tertiary/aromatic N) is 2. The van der Waals surface area contributed by atoms with E-state index in [2.05, 4.69) is 19.4 Å². The number of benzene rings is 2. The van der Waals surface area contributed by atoms with Gasteiger partial charge in [-0.05, 0) is 97.7 Å². The van der Waals surface area contributed by atoms with Crippen LogP contribution in [0.1, 0.15) is 27.7 Å². The normalized spacial score (nSPS) is 14.7. The summed E-state index contributed by atoms with van der Waals surface area (Å²) in [6.45, 7) is 2.14. The zero-order valence-corrected chi connectivity index (χ0v) is 28.3. The third kappa shape index (κ3) is 10.9. The molecule has 4 aromatic rings. The van der Waals surface area contributed by atoms with Gasteiger partial charge in [-0.3, -0.25) is 0 Å². The Morgan fingerprint density at radius 3 is 1.59 bits per heavy atom. The first-order chi connectivity index (χ1) is 21.5. The SMILES string of the molecule is CC1(C)OB(c2ccc(OC(F)F)cc2)OC1(C)C.Fc1cnc(Cl)cc1-c1ccc(OC(F)F)cc1.Fc1cnc(Cl)cc1I. The van der Waals surface area contributed by atoms with Crippen LogP contribution in [-0.2, 0) is 9.31 Å². The summed E-state index contributed by atoms with van der Waals surface area (Å²) in [6, 6.07) is 14.7. The van der Waals surface area contributed by atoms with Crippen molar-refractivity contribution in [3.8, 4) is 22.6 Å². The molecule has 1 aliphatic heterocycles. The lowest BCUT2D eigenvalue weighted by molar-refractivity contribution is -0.0505. The van der Waals surface area contributed by atoms with E-state index < -0.39 is 37.4 Å². The Morgan fingerprint density at radius 2 is 1.15 bits per heavy atom. The molecule has 0 atom stereocenters. The Morgan fingerprint density at radius 1 is 0.717 bits per heavy atom. The molecule has 1 aliphatic rings. The molecule has 5 rings (SSSR count). The van der Waals surface area contributed by atoms with E-state index in [0.29, 0.717) is 14.3 Å². The van der Waals surface area contributed by atoms with Crippen LogP contribution in [0.4, 0.5) is 26.3 Å². The Kier molecular flexibility index (Phi) is 13.4. The van der Waals surface area contributed by atoms with Crippen LogP contribution in [0.5, 0.6) is 11.5 Å².